The lowest BCUT2D eigenvalue weighted by molar-refractivity contribution is -0.142. The summed E-state index contributed by atoms with van der Waals surface area (Å²) in [6.07, 6.45) is 6.12. The molecule has 41 heavy (non-hydrogen) atoms. The molecule has 1 aliphatic carbocycles. The number of hydrogen-bond acceptors (Lipinski definition) is 5. The Morgan fingerprint density at radius 2 is 1.93 bits per heavy atom. The van der Waals surface area contributed by atoms with Gasteiger partial charge in [0.1, 0.15) is 17.4 Å². The summed E-state index contributed by atoms with van der Waals surface area (Å²) in [5.41, 5.74) is 0.0678. The fourth-order valence-electron chi connectivity index (χ4n) is 7.29. The second kappa shape index (κ2) is 10.8. The molecule has 1 saturated carbocycles. The first-order chi connectivity index (χ1) is 19.7. The number of fused-ring (bicyclic) bond motifs is 1. The lowest BCUT2D eigenvalue weighted by Crippen LogP contribution is -2.57. The Labute approximate surface area is 245 Å². The highest BCUT2D eigenvalue weighted by Gasteiger charge is 2.72. The first-order valence-corrected chi connectivity index (χ1v) is 14.8. The van der Waals surface area contributed by atoms with E-state index in [4.69, 9.17) is 21.1 Å². The van der Waals surface area contributed by atoms with Crippen LogP contribution in [0.25, 0.3) is 0 Å². The van der Waals surface area contributed by atoms with Crippen molar-refractivity contribution >= 4 is 35.0 Å². The van der Waals surface area contributed by atoms with E-state index in [1.807, 2.05) is 36.4 Å². The van der Waals surface area contributed by atoms with Crippen LogP contribution >= 0.6 is 11.6 Å². The number of nitrogens with zero attached hydrogens (tertiary/aromatic N) is 1. The van der Waals surface area contributed by atoms with Crippen LogP contribution in [0.4, 0.5) is 5.69 Å². The monoisotopic (exact) mass is 577 g/mol. The zero-order chi connectivity index (χ0) is 28.9. The molecule has 2 aromatic carbocycles. The van der Waals surface area contributed by atoms with Gasteiger partial charge < -0.3 is 25.0 Å². The van der Waals surface area contributed by atoms with Gasteiger partial charge >= 0.3 is 0 Å². The normalized spacial score (nSPS) is 33.5. The van der Waals surface area contributed by atoms with Crippen molar-refractivity contribution in [1.82, 2.24) is 10.2 Å². The Kier molecular flexibility index (Phi) is 7.32. The Bertz CT molecular complexity index is 1400. The minimum absolute atomic E-state index is 0.00872. The predicted molar refractivity (Wildman–Crippen MR) is 155 cm³/mol. The number of carbonyl (C=O) groups excluding carboxylic acids is 3. The van der Waals surface area contributed by atoms with E-state index in [1.165, 1.54) is 0 Å². The number of para-hydroxylation sites is 1. The summed E-state index contributed by atoms with van der Waals surface area (Å²) >= 11 is 6.13. The summed E-state index contributed by atoms with van der Waals surface area (Å²) in [6.45, 7) is 4.55. The first kappa shape index (κ1) is 27.8. The van der Waals surface area contributed by atoms with Crippen LogP contribution in [0.1, 0.15) is 38.7 Å². The van der Waals surface area contributed by atoms with E-state index in [1.54, 1.807) is 36.3 Å². The molecule has 8 nitrogen and oxygen atoms in total. The van der Waals surface area contributed by atoms with Crippen molar-refractivity contribution < 1.29 is 23.9 Å². The number of likely N-dealkylation sites (tertiary alicyclic amines) is 1. The van der Waals surface area contributed by atoms with Crippen molar-refractivity contribution in [3.8, 4) is 5.75 Å². The topological polar surface area (TPSA) is 97.0 Å². The molecular weight excluding hydrogens is 542 g/mol. The van der Waals surface area contributed by atoms with Gasteiger partial charge in [0.05, 0.1) is 31.6 Å². The first-order valence-electron chi connectivity index (χ1n) is 14.4. The van der Waals surface area contributed by atoms with Gasteiger partial charge in [-0.25, -0.2) is 0 Å². The molecular formula is C32H36ClN3O5. The van der Waals surface area contributed by atoms with Crippen LogP contribution in [-0.4, -0.2) is 53.5 Å². The van der Waals surface area contributed by atoms with Crippen molar-refractivity contribution in [3.05, 3.63) is 71.3 Å². The number of rotatable bonds is 7. The number of ether oxygens (including phenoxy) is 2. The zero-order valence-electron chi connectivity index (χ0n) is 23.5. The van der Waals surface area contributed by atoms with Crippen molar-refractivity contribution in [3.63, 3.8) is 0 Å². The Morgan fingerprint density at radius 1 is 1.12 bits per heavy atom. The molecule has 8 atom stereocenters. The maximum atomic E-state index is 14.3. The zero-order valence-corrected chi connectivity index (χ0v) is 24.3. The van der Waals surface area contributed by atoms with Crippen molar-refractivity contribution in [2.24, 2.45) is 23.7 Å². The van der Waals surface area contributed by atoms with Crippen LogP contribution < -0.4 is 15.4 Å². The van der Waals surface area contributed by atoms with Gasteiger partial charge in [-0.05, 0) is 42.5 Å². The smallest absolute Gasteiger partial charge is 0.246 e. The molecule has 2 N–H and O–H groups in total. The van der Waals surface area contributed by atoms with Gasteiger partial charge in [-0.2, -0.15) is 0 Å². The average molecular weight is 578 g/mol. The maximum Gasteiger partial charge on any atom is 0.246 e. The summed E-state index contributed by atoms with van der Waals surface area (Å²) < 4.78 is 12.1. The summed E-state index contributed by atoms with van der Waals surface area (Å²) in [7, 11) is 1.58. The maximum absolute atomic E-state index is 14.3. The number of methoxy groups -OCH3 is 1. The number of hydrogen-bond donors (Lipinski definition) is 2. The molecule has 0 aromatic heterocycles. The SMILES string of the molecule is COc1ccccc1CN1C(=O)[C@H]2[C@H](C(=O)Nc3cccc(Cl)c3)[C@H]3C=C[C@@]2(O3)[C@@H]1C(=O)N[C@@H]1CCC[C@H](C)[C@H]1C. The number of benzene rings is 2. The summed E-state index contributed by atoms with van der Waals surface area (Å²) in [5, 5.41) is 6.70. The van der Waals surface area contributed by atoms with Crippen LogP contribution in [0.15, 0.2) is 60.7 Å². The molecule has 3 aliphatic heterocycles. The standard InChI is InChI=1S/C32H36ClN3O5/c1-18-8-6-12-23(19(18)2)35-30(38)28-32-15-14-25(41-32)26(29(37)34-22-11-7-10-21(33)16-22)27(32)31(39)36(28)17-20-9-4-5-13-24(20)40-3/h4-5,7,9-11,13-16,18-19,23,25-28H,6,8,12,17H2,1-3H3,(H,34,37)(H,35,38)/t18-,19+,23+,25+,26+,27+,28-,32-/m0/s1. The molecule has 6 rings (SSSR count). The molecule has 2 bridgehead atoms. The summed E-state index contributed by atoms with van der Waals surface area (Å²) in [5.74, 6) is -1.07. The lowest BCUT2D eigenvalue weighted by atomic mass is 9.73. The van der Waals surface area contributed by atoms with E-state index < -0.39 is 29.6 Å². The highest BCUT2D eigenvalue weighted by Crippen LogP contribution is 2.55. The van der Waals surface area contributed by atoms with Gasteiger partial charge in [-0.3, -0.25) is 14.4 Å². The Morgan fingerprint density at radius 3 is 2.71 bits per heavy atom. The van der Waals surface area contributed by atoms with Crippen molar-refractivity contribution in [2.45, 2.75) is 63.4 Å². The van der Waals surface area contributed by atoms with Crippen molar-refractivity contribution in [1.29, 1.82) is 0 Å². The van der Waals surface area contributed by atoms with Gasteiger partial charge in [0.2, 0.25) is 17.7 Å². The minimum atomic E-state index is -1.24. The Balaban J connectivity index is 1.35. The van der Waals surface area contributed by atoms with Crippen LogP contribution in [0.3, 0.4) is 0 Å². The number of anilines is 1. The van der Waals surface area contributed by atoms with E-state index in [0.717, 1.165) is 24.8 Å². The quantitative estimate of drug-likeness (QED) is 0.470. The number of nitrogens with one attached hydrogen (secondary N) is 2. The van der Waals surface area contributed by atoms with Crippen molar-refractivity contribution in [2.75, 3.05) is 12.4 Å². The van der Waals surface area contributed by atoms with Crippen LogP contribution in [-0.2, 0) is 25.7 Å². The Hall–Kier alpha value is -3.36. The number of amides is 3. The molecule has 4 aliphatic rings. The lowest BCUT2D eigenvalue weighted by Gasteiger charge is -2.38. The van der Waals surface area contributed by atoms with Gasteiger partial charge in [0.25, 0.3) is 0 Å². The largest absolute Gasteiger partial charge is 0.496 e. The fourth-order valence-corrected chi connectivity index (χ4v) is 7.48. The predicted octanol–water partition coefficient (Wildman–Crippen LogP) is 4.58. The molecule has 216 valence electrons. The highest BCUT2D eigenvalue weighted by molar-refractivity contribution is 6.30. The van der Waals surface area contributed by atoms with Crippen LogP contribution in [0.5, 0.6) is 5.75 Å². The second-order valence-electron chi connectivity index (χ2n) is 11.9. The highest BCUT2D eigenvalue weighted by atomic mass is 35.5. The van der Waals surface area contributed by atoms with Crippen LogP contribution in [0, 0.1) is 23.7 Å². The molecule has 2 saturated heterocycles. The molecule has 3 heterocycles. The molecule has 1 spiro atoms. The van der Waals surface area contributed by atoms with Gasteiger partial charge in [-0.1, -0.05) is 74.7 Å². The van der Waals surface area contributed by atoms with Crippen LogP contribution in [0.2, 0.25) is 5.02 Å². The van der Waals surface area contributed by atoms with Gasteiger partial charge in [-0.15, -0.1) is 0 Å². The molecule has 9 heteroatoms. The molecule has 2 aromatic rings. The molecule has 0 radical (unpaired) electrons. The van der Waals surface area contributed by atoms with E-state index in [-0.39, 0.29) is 30.3 Å². The minimum Gasteiger partial charge on any atom is -0.496 e. The second-order valence-corrected chi connectivity index (χ2v) is 12.3. The third kappa shape index (κ3) is 4.71. The van der Waals surface area contributed by atoms with E-state index in [9.17, 15) is 14.4 Å². The fraction of sp³-hybridized carbons (Fsp3) is 0.469. The van der Waals surface area contributed by atoms with E-state index in [0.29, 0.717) is 28.3 Å². The third-order valence-electron chi connectivity index (χ3n) is 9.58. The van der Waals surface area contributed by atoms with E-state index in [2.05, 4.69) is 24.5 Å². The molecule has 3 amide bonds. The molecule has 3 fully saturated rings. The average Bonchev–Trinajstić information content (AvgIpc) is 3.59. The number of carbonyl (C=O) groups is 3. The summed E-state index contributed by atoms with van der Waals surface area (Å²) in [4.78, 5) is 43.8. The third-order valence-corrected chi connectivity index (χ3v) is 9.82. The number of halogens is 1. The molecule has 0 unspecified atom stereocenters. The van der Waals surface area contributed by atoms with Gasteiger partial charge in [0, 0.05) is 22.3 Å². The summed E-state index contributed by atoms with van der Waals surface area (Å²) in [6, 6.07) is 13.4. The van der Waals surface area contributed by atoms with Gasteiger partial charge in [0.15, 0.2) is 0 Å². The van der Waals surface area contributed by atoms with E-state index >= 15 is 0 Å².